The highest BCUT2D eigenvalue weighted by molar-refractivity contribution is 5.26. The lowest BCUT2D eigenvalue weighted by molar-refractivity contribution is 0.326. The first-order valence-corrected chi connectivity index (χ1v) is 6.10. The van der Waals surface area contributed by atoms with Crippen LogP contribution in [0.15, 0.2) is 12.4 Å². The van der Waals surface area contributed by atoms with Gasteiger partial charge in [0, 0.05) is 37.6 Å². The lowest BCUT2D eigenvalue weighted by Gasteiger charge is -2.15. The second-order valence-electron chi connectivity index (χ2n) is 4.94. The molecule has 1 aromatic heterocycles. The minimum atomic E-state index is 0.531. The molecule has 1 saturated carbocycles. The number of aromatic nitrogens is 2. The molecule has 0 amide bonds. The molecule has 0 bridgehead atoms. The van der Waals surface area contributed by atoms with Crippen LogP contribution in [0.3, 0.4) is 0 Å². The molecule has 0 radical (unpaired) electrons. The zero-order valence-corrected chi connectivity index (χ0v) is 9.69. The minimum Gasteiger partial charge on any atom is -0.350 e. The van der Waals surface area contributed by atoms with E-state index in [1.54, 1.807) is 0 Å². The van der Waals surface area contributed by atoms with Crippen LogP contribution >= 0.6 is 0 Å². The van der Waals surface area contributed by atoms with Crippen molar-refractivity contribution in [2.45, 2.75) is 38.3 Å². The van der Waals surface area contributed by atoms with Gasteiger partial charge in [0.15, 0.2) is 0 Å². The molecule has 1 saturated heterocycles. The first kappa shape index (κ1) is 10.0. The van der Waals surface area contributed by atoms with Gasteiger partial charge in [-0.2, -0.15) is 0 Å². The molecule has 0 spiro atoms. The fraction of sp³-hybridized carbons (Fsp3) is 0.667. The highest BCUT2D eigenvalue weighted by Crippen LogP contribution is 2.30. The normalized spacial score (nSPS) is 25.9. The van der Waals surface area contributed by atoms with Crippen LogP contribution < -0.4 is 5.32 Å². The third-order valence-electron chi connectivity index (χ3n) is 3.40. The summed E-state index contributed by atoms with van der Waals surface area (Å²) in [7, 11) is 0. The van der Waals surface area contributed by atoms with Crippen molar-refractivity contribution in [2.24, 2.45) is 0 Å². The summed E-state index contributed by atoms with van der Waals surface area (Å²) in [5, 5.41) is 3.42. The molecule has 3 rings (SSSR count). The average molecular weight is 218 g/mol. The fourth-order valence-corrected chi connectivity index (χ4v) is 2.33. The van der Waals surface area contributed by atoms with Gasteiger partial charge in [-0.3, -0.25) is 4.90 Å². The van der Waals surface area contributed by atoms with Gasteiger partial charge in [0.2, 0.25) is 5.95 Å². The number of hydrogen-bond donors (Lipinski definition) is 1. The van der Waals surface area contributed by atoms with Crippen LogP contribution in [-0.4, -0.2) is 40.0 Å². The van der Waals surface area contributed by atoms with E-state index in [-0.39, 0.29) is 0 Å². The summed E-state index contributed by atoms with van der Waals surface area (Å²) in [6, 6.07) is 1.41. The number of aryl methyl sites for hydroxylation is 1. The van der Waals surface area contributed by atoms with E-state index in [0.29, 0.717) is 6.04 Å². The Balaban J connectivity index is 1.57. The van der Waals surface area contributed by atoms with Gasteiger partial charge >= 0.3 is 0 Å². The van der Waals surface area contributed by atoms with E-state index in [9.17, 15) is 0 Å². The standard InChI is InChI=1S/C12H18N4/c1-9-6-13-12(14-7-9)15-10-4-5-16(8-10)11-2-3-11/h6-7,10-11H,2-5,8H2,1H3,(H,13,14,15). The van der Waals surface area contributed by atoms with Gasteiger partial charge in [-0.15, -0.1) is 0 Å². The van der Waals surface area contributed by atoms with Crippen LogP contribution in [0.2, 0.25) is 0 Å². The van der Waals surface area contributed by atoms with Crippen LogP contribution in [-0.2, 0) is 0 Å². The third-order valence-corrected chi connectivity index (χ3v) is 3.40. The molecule has 1 aliphatic carbocycles. The molecule has 1 aliphatic heterocycles. The molecule has 1 aromatic rings. The summed E-state index contributed by atoms with van der Waals surface area (Å²) < 4.78 is 0. The van der Waals surface area contributed by atoms with Crippen LogP contribution in [0.1, 0.15) is 24.8 Å². The lowest BCUT2D eigenvalue weighted by Crippen LogP contribution is -2.28. The molecule has 1 unspecified atom stereocenters. The molecular weight excluding hydrogens is 200 g/mol. The van der Waals surface area contributed by atoms with Gasteiger partial charge in [-0.05, 0) is 31.7 Å². The Morgan fingerprint density at radius 3 is 2.69 bits per heavy atom. The topological polar surface area (TPSA) is 41.1 Å². The summed E-state index contributed by atoms with van der Waals surface area (Å²) in [5.41, 5.74) is 1.11. The summed E-state index contributed by atoms with van der Waals surface area (Å²) >= 11 is 0. The Morgan fingerprint density at radius 1 is 1.25 bits per heavy atom. The number of hydrogen-bond acceptors (Lipinski definition) is 4. The fourth-order valence-electron chi connectivity index (χ4n) is 2.33. The van der Waals surface area contributed by atoms with Crippen LogP contribution in [0.4, 0.5) is 5.95 Å². The quantitative estimate of drug-likeness (QED) is 0.833. The Bertz CT molecular complexity index is 358. The van der Waals surface area contributed by atoms with E-state index in [1.165, 1.54) is 25.8 Å². The van der Waals surface area contributed by atoms with Gasteiger partial charge < -0.3 is 5.32 Å². The average Bonchev–Trinajstić information content (AvgIpc) is 3.04. The molecule has 2 fully saturated rings. The molecule has 86 valence electrons. The van der Waals surface area contributed by atoms with Gasteiger partial charge in [0.05, 0.1) is 0 Å². The highest BCUT2D eigenvalue weighted by atomic mass is 15.2. The Morgan fingerprint density at radius 2 is 2.00 bits per heavy atom. The molecule has 2 aliphatic rings. The Hall–Kier alpha value is -1.16. The van der Waals surface area contributed by atoms with Crippen molar-refractivity contribution in [3.05, 3.63) is 18.0 Å². The maximum Gasteiger partial charge on any atom is 0.222 e. The SMILES string of the molecule is Cc1cnc(NC2CCN(C3CC3)C2)nc1. The summed E-state index contributed by atoms with van der Waals surface area (Å²) in [6.45, 7) is 4.39. The summed E-state index contributed by atoms with van der Waals surface area (Å²) in [5.74, 6) is 0.772. The van der Waals surface area contributed by atoms with Crippen molar-refractivity contribution < 1.29 is 0 Å². The monoisotopic (exact) mass is 218 g/mol. The second kappa shape index (κ2) is 4.01. The van der Waals surface area contributed by atoms with E-state index in [0.717, 1.165) is 24.1 Å². The number of nitrogens with one attached hydrogen (secondary N) is 1. The molecule has 1 N–H and O–H groups in total. The number of likely N-dealkylation sites (tertiary alicyclic amines) is 1. The van der Waals surface area contributed by atoms with E-state index < -0.39 is 0 Å². The van der Waals surface area contributed by atoms with Crippen LogP contribution in [0.5, 0.6) is 0 Å². The molecule has 0 aromatic carbocycles. The van der Waals surface area contributed by atoms with Crippen LogP contribution in [0, 0.1) is 6.92 Å². The van der Waals surface area contributed by atoms with Crippen molar-refractivity contribution in [1.29, 1.82) is 0 Å². The summed E-state index contributed by atoms with van der Waals surface area (Å²) in [6.07, 6.45) is 7.74. The van der Waals surface area contributed by atoms with Crippen molar-refractivity contribution >= 4 is 5.95 Å². The van der Waals surface area contributed by atoms with E-state index in [2.05, 4.69) is 20.2 Å². The van der Waals surface area contributed by atoms with Crippen molar-refractivity contribution in [1.82, 2.24) is 14.9 Å². The van der Waals surface area contributed by atoms with E-state index in [1.807, 2.05) is 19.3 Å². The maximum atomic E-state index is 4.29. The van der Waals surface area contributed by atoms with Gasteiger partial charge in [-0.25, -0.2) is 9.97 Å². The first-order chi connectivity index (χ1) is 7.81. The molecule has 16 heavy (non-hydrogen) atoms. The lowest BCUT2D eigenvalue weighted by atomic mass is 10.3. The smallest absolute Gasteiger partial charge is 0.222 e. The first-order valence-electron chi connectivity index (χ1n) is 6.10. The number of nitrogens with zero attached hydrogens (tertiary/aromatic N) is 3. The number of rotatable bonds is 3. The number of anilines is 1. The maximum absolute atomic E-state index is 4.29. The zero-order chi connectivity index (χ0) is 11.0. The predicted octanol–water partition coefficient (Wildman–Crippen LogP) is 1.43. The second-order valence-corrected chi connectivity index (χ2v) is 4.94. The molecular formula is C12H18N4. The van der Waals surface area contributed by atoms with Crippen molar-refractivity contribution in [3.8, 4) is 0 Å². The van der Waals surface area contributed by atoms with Gasteiger partial charge in [0.1, 0.15) is 0 Å². The summed E-state index contributed by atoms with van der Waals surface area (Å²) in [4.78, 5) is 11.2. The molecule has 1 atom stereocenters. The highest BCUT2D eigenvalue weighted by Gasteiger charge is 2.34. The zero-order valence-electron chi connectivity index (χ0n) is 9.69. The van der Waals surface area contributed by atoms with E-state index >= 15 is 0 Å². The third kappa shape index (κ3) is 2.16. The van der Waals surface area contributed by atoms with Crippen molar-refractivity contribution in [2.75, 3.05) is 18.4 Å². The largest absolute Gasteiger partial charge is 0.350 e. The van der Waals surface area contributed by atoms with Crippen LogP contribution in [0.25, 0.3) is 0 Å². The van der Waals surface area contributed by atoms with E-state index in [4.69, 9.17) is 0 Å². The molecule has 4 heteroatoms. The molecule has 2 heterocycles. The van der Waals surface area contributed by atoms with Crippen molar-refractivity contribution in [3.63, 3.8) is 0 Å². The Kier molecular flexibility index (Phi) is 2.52. The van der Waals surface area contributed by atoms with Gasteiger partial charge in [0.25, 0.3) is 0 Å². The Labute approximate surface area is 96.1 Å². The predicted molar refractivity (Wildman–Crippen MR) is 63.4 cm³/mol. The molecule has 4 nitrogen and oxygen atoms in total. The minimum absolute atomic E-state index is 0.531. The van der Waals surface area contributed by atoms with Gasteiger partial charge in [-0.1, -0.05) is 0 Å².